The molecule has 2 N–H and O–H groups in total. The first-order chi connectivity index (χ1) is 9.93. The van der Waals surface area contributed by atoms with E-state index < -0.39 is 0 Å². The van der Waals surface area contributed by atoms with Gasteiger partial charge in [0.25, 0.3) is 0 Å². The van der Waals surface area contributed by atoms with Gasteiger partial charge in [0, 0.05) is 12.4 Å². The molecule has 114 valence electrons. The number of pyridine rings is 1. The van der Waals surface area contributed by atoms with Gasteiger partial charge >= 0.3 is 0 Å². The third kappa shape index (κ3) is 9.96. The average Bonchev–Trinajstić information content (AvgIpc) is 2.49. The first-order valence-electron chi connectivity index (χ1n) is 8.52. The van der Waals surface area contributed by atoms with Crippen LogP contribution in [-0.4, -0.2) is 11.5 Å². The van der Waals surface area contributed by atoms with Crippen molar-refractivity contribution in [3.8, 4) is 0 Å². The Morgan fingerprint density at radius 2 is 1.30 bits per heavy atom. The van der Waals surface area contributed by atoms with Crippen molar-refractivity contribution in [2.24, 2.45) is 5.73 Å². The minimum absolute atomic E-state index is 0.860. The maximum Gasteiger partial charge on any atom is 0.0299 e. The van der Waals surface area contributed by atoms with Crippen LogP contribution in [-0.2, 0) is 6.42 Å². The molecule has 0 aliphatic carbocycles. The summed E-state index contributed by atoms with van der Waals surface area (Å²) in [5.41, 5.74) is 6.86. The van der Waals surface area contributed by atoms with Crippen LogP contribution in [0.25, 0.3) is 0 Å². The monoisotopic (exact) mass is 276 g/mol. The number of rotatable bonds is 13. The van der Waals surface area contributed by atoms with Crippen LogP contribution in [0.4, 0.5) is 0 Å². The molecule has 0 atom stereocenters. The zero-order valence-electron chi connectivity index (χ0n) is 13.0. The zero-order chi connectivity index (χ0) is 14.3. The van der Waals surface area contributed by atoms with E-state index in [1.807, 2.05) is 18.5 Å². The predicted octanol–water partition coefficient (Wildman–Crippen LogP) is 4.87. The molecule has 2 heteroatoms. The summed E-state index contributed by atoms with van der Waals surface area (Å²) in [7, 11) is 0. The second kappa shape index (κ2) is 13.1. The molecule has 0 saturated heterocycles. The van der Waals surface area contributed by atoms with Crippen molar-refractivity contribution in [1.29, 1.82) is 0 Å². The van der Waals surface area contributed by atoms with Crippen LogP contribution in [0, 0.1) is 0 Å². The van der Waals surface area contributed by atoms with Gasteiger partial charge in [0.2, 0.25) is 0 Å². The second-order valence-electron chi connectivity index (χ2n) is 5.79. The minimum Gasteiger partial charge on any atom is -0.330 e. The van der Waals surface area contributed by atoms with Gasteiger partial charge in [0.05, 0.1) is 0 Å². The Labute approximate surface area is 125 Å². The normalized spacial score (nSPS) is 10.8. The maximum atomic E-state index is 5.48. The van der Waals surface area contributed by atoms with E-state index in [9.17, 15) is 0 Å². The molecular formula is C18H32N2. The van der Waals surface area contributed by atoms with Gasteiger partial charge in [-0.3, -0.25) is 4.98 Å². The Bertz CT molecular complexity index is 298. The number of nitrogens with two attached hydrogens (primary N) is 1. The van der Waals surface area contributed by atoms with Gasteiger partial charge in [-0.25, -0.2) is 0 Å². The van der Waals surface area contributed by atoms with E-state index in [-0.39, 0.29) is 0 Å². The van der Waals surface area contributed by atoms with Crippen LogP contribution in [0.15, 0.2) is 24.5 Å². The Balaban J connectivity index is 1.77. The largest absolute Gasteiger partial charge is 0.330 e. The lowest BCUT2D eigenvalue weighted by atomic mass is 10.0. The number of hydrogen-bond donors (Lipinski definition) is 1. The Morgan fingerprint density at radius 1 is 0.750 bits per heavy atom. The summed E-state index contributed by atoms with van der Waals surface area (Å²) in [6.07, 6.45) is 20.1. The van der Waals surface area contributed by atoms with E-state index in [4.69, 9.17) is 5.73 Å². The molecule has 0 amide bonds. The Morgan fingerprint density at radius 3 is 1.80 bits per heavy atom. The molecule has 1 rings (SSSR count). The van der Waals surface area contributed by atoms with Crippen LogP contribution < -0.4 is 5.73 Å². The fourth-order valence-corrected chi connectivity index (χ4v) is 2.61. The molecule has 0 fully saturated rings. The average molecular weight is 276 g/mol. The molecule has 0 saturated carbocycles. The highest BCUT2D eigenvalue weighted by molar-refractivity contribution is 5.08. The van der Waals surface area contributed by atoms with Gasteiger partial charge in [-0.05, 0) is 37.4 Å². The molecule has 0 unspecified atom stereocenters. The van der Waals surface area contributed by atoms with Gasteiger partial charge in [-0.2, -0.15) is 0 Å². The number of unbranched alkanes of at least 4 members (excludes halogenated alkanes) is 10. The van der Waals surface area contributed by atoms with Crippen molar-refractivity contribution in [3.63, 3.8) is 0 Å². The fourth-order valence-electron chi connectivity index (χ4n) is 2.61. The van der Waals surface area contributed by atoms with Crippen LogP contribution >= 0.6 is 0 Å². The summed E-state index contributed by atoms with van der Waals surface area (Å²) in [6, 6.07) is 4.21. The van der Waals surface area contributed by atoms with E-state index in [0.717, 1.165) is 6.54 Å². The quantitative estimate of drug-likeness (QED) is 0.522. The molecule has 0 aliphatic rings. The minimum atomic E-state index is 0.860. The highest BCUT2D eigenvalue weighted by Crippen LogP contribution is 2.12. The van der Waals surface area contributed by atoms with E-state index in [2.05, 4.69) is 11.1 Å². The van der Waals surface area contributed by atoms with Crippen LogP contribution in [0.1, 0.15) is 76.2 Å². The lowest BCUT2D eigenvalue weighted by molar-refractivity contribution is 0.546. The summed E-state index contributed by atoms with van der Waals surface area (Å²) in [5, 5.41) is 0. The first-order valence-corrected chi connectivity index (χ1v) is 8.52. The first kappa shape index (κ1) is 17.2. The number of hydrogen-bond acceptors (Lipinski definition) is 2. The summed E-state index contributed by atoms with van der Waals surface area (Å²) in [4.78, 5) is 4.15. The number of aromatic nitrogens is 1. The van der Waals surface area contributed by atoms with Gasteiger partial charge in [-0.1, -0.05) is 63.9 Å². The molecule has 1 aromatic heterocycles. The Kier molecular flexibility index (Phi) is 11.2. The smallest absolute Gasteiger partial charge is 0.0299 e. The van der Waals surface area contributed by atoms with Crippen molar-refractivity contribution < 1.29 is 0 Å². The molecule has 20 heavy (non-hydrogen) atoms. The molecule has 2 nitrogen and oxygen atoms in total. The third-order valence-electron chi connectivity index (χ3n) is 3.89. The topological polar surface area (TPSA) is 38.9 Å². The fraction of sp³-hybridized carbons (Fsp3) is 0.722. The lowest BCUT2D eigenvalue weighted by Crippen LogP contribution is -1.97. The van der Waals surface area contributed by atoms with Crippen molar-refractivity contribution >= 4 is 0 Å². The second-order valence-corrected chi connectivity index (χ2v) is 5.79. The molecule has 0 spiro atoms. The summed E-state index contributed by atoms with van der Waals surface area (Å²) in [6.45, 7) is 0.860. The molecule has 0 bridgehead atoms. The summed E-state index contributed by atoms with van der Waals surface area (Å²) in [5.74, 6) is 0. The number of nitrogens with zero attached hydrogens (tertiary/aromatic N) is 1. The van der Waals surface area contributed by atoms with Gasteiger partial charge in [0.1, 0.15) is 0 Å². The van der Waals surface area contributed by atoms with Crippen LogP contribution in [0.3, 0.4) is 0 Å². The van der Waals surface area contributed by atoms with Crippen molar-refractivity contribution in [2.75, 3.05) is 6.54 Å². The highest BCUT2D eigenvalue weighted by atomic mass is 14.6. The van der Waals surface area contributed by atoms with Gasteiger partial charge in [-0.15, -0.1) is 0 Å². The summed E-state index contributed by atoms with van der Waals surface area (Å²) >= 11 is 0. The third-order valence-corrected chi connectivity index (χ3v) is 3.89. The SMILES string of the molecule is NCCCCCCCCCCCCCc1cccnc1. The van der Waals surface area contributed by atoms with Crippen molar-refractivity contribution in [3.05, 3.63) is 30.1 Å². The van der Waals surface area contributed by atoms with Gasteiger partial charge in [0.15, 0.2) is 0 Å². The molecule has 0 radical (unpaired) electrons. The van der Waals surface area contributed by atoms with E-state index >= 15 is 0 Å². The predicted molar refractivity (Wildman–Crippen MR) is 87.8 cm³/mol. The molecule has 0 aliphatic heterocycles. The van der Waals surface area contributed by atoms with Crippen LogP contribution in [0.2, 0.25) is 0 Å². The van der Waals surface area contributed by atoms with Crippen molar-refractivity contribution in [1.82, 2.24) is 4.98 Å². The van der Waals surface area contributed by atoms with Crippen molar-refractivity contribution in [2.45, 2.75) is 77.0 Å². The Hall–Kier alpha value is -0.890. The summed E-state index contributed by atoms with van der Waals surface area (Å²) < 4.78 is 0. The molecule has 0 aromatic carbocycles. The van der Waals surface area contributed by atoms with E-state index in [0.29, 0.717) is 0 Å². The number of aryl methyl sites for hydroxylation is 1. The zero-order valence-corrected chi connectivity index (χ0v) is 13.0. The molecule has 1 aromatic rings. The maximum absolute atomic E-state index is 5.48. The lowest BCUT2D eigenvalue weighted by Gasteiger charge is -2.03. The highest BCUT2D eigenvalue weighted by Gasteiger charge is 1.95. The molecular weight excluding hydrogens is 244 g/mol. The standard InChI is InChI=1S/C18H32N2/c19-15-11-9-7-5-3-1-2-4-6-8-10-13-18-14-12-16-20-17-18/h12,14,16-17H,1-11,13,15,19H2. The van der Waals surface area contributed by atoms with Gasteiger partial charge < -0.3 is 5.73 Å². The van der Waals surface area contributed by atoms with E-state index in [1.54, 1.807) is 0 Å². The molecule has 1 heterocycles. The van der Waals surface area contributed by atoms with E-state index in [1.165, 1.54) is 82.6 Å². The van der Waals surface area contributed by atoms with Crippen LogP contribution in [0.5, 0.6) is 0 Å².